The van der Waals surface area contributed by atoms with Crippen LogP contribution in [-0.2, 0) is 16.1 Å². The first-order chi connectivity index (χ1) is 15.7. The van der Waals surface area contributed by atoms with Gasteiger partial charge in [-0.15, -0.1) is 4.99 Å². The van der Waals surface area contributed by atoms with E-state index < -0.39 is 23.5 Å². The molecular formula is C21H25FN6O5. The molecule has 12 heteroatoms. The molecule has 33 heavy (non-hydrogen) atoms. The number of aromatic nitrogens is 2. The molecule has 1 fully saturated rings. The number of hydrogen-bond donors (Lipinski definition) is 3. The van der Waals surface area contributed by atoms with Crippen LogP contribution in [0, 0.1) is 5.82 Å². The van der Waals surface area contributed by atoms with Crippen molar-refractivity contribution in [3.8, 4) is 17.1 Å². The minimum atomic E-state index is -1.08. The highest BCUT2D eigenvalue weighted by Crippen LogP contribution is 2.26. The number of nitrogens with two attached hydrogens (primary N) is 2. The third-order valence-electron chi connectivity index (χ3n) is 5.20. The summed E-state index contributed by atoms with van der Waals surface area (Å²) in [6.45, 7) is 2.01. The van der Waals surface area contributed by atoms with Gasteiger partial charge < -0.3 is 30.9 Å². The number of benzene rings is 1. The van der Waals surface area contributed by atoms with E-state index in [1.54, 1.807) is 11.0 Å². The summed E-state index contributed by atoms with van der Waals surface area (Å²) in [6.07, 6.45) is 2.52. The Kier molecular flexibility index (Phi) is 7.38. The average Bonchev–Trinajstić information content (AvgIpc) is 2.77. The summed E-state index contributed by atoms with van der Waals surface area (Å²) in [6, 6.07) is 4.61. The van der Waals surface area contributed by atoms with Gasteiger partial charge in [-0.1, -0.05) is 18.2 Å². The van der Waals surface area contributed by atoms with Gasteiger partial charge in [0.2, 0.25) is 5.91 Å². The first-order valence-electron chi connectivity index (χ1n) is 10.1. The molecule has 2 aromatic rings. The molecule has 1 saturated heterocycles. The van der Waals surface area contributed by atoms with Crippen molar-refractivity contribution in [2.45, 2.75) is 32.0 Å². The van der Waals surface area contributed by atoms with Crippen molar-refractivity contribution in [3.63, 3.8) is 0 Å². The van der Waals surface area contributed by atoms with Gasteiger partial charge in [0.1, 0.15) is 24.6 Å². The molecule has 0 saturated carbocycles. The van der Waals surface area contributed by atoms with Gasteiger partial charge in [0.15, 0.2) is 5.96 Å². The molecule has 5 N–H and O–H groups in total. The van der Waals surface area contributed by atoms with E-state index in [1.165, 1.54) is 31.5 Å². The molecule has 2 heterocycles. The second-order valence-corrected chi connectivity index (χ2v) is 7.64. The lowest BCUT2D eigenvalue weighted by Crippen LogP contribution is -2.49. The smallest absolute Gasteiger partial charge is 0.437 e. The number of halogens is 1. The fourth-order valence-electron chi connectivity index (χ4n) is 3.30. The van der Waals surface area contributed by atoms with E-state index in [0.717, 1.165) is 0 Å². The zero-order valence-electron chi connectivity index (χ0n) is 18.0. The Balaban J connectivity index is 1.61. The number of ether oxygens (including phenoxy) is 2. The second kappa shape index (κ2) is 10.2. The predicted molar refractivity (Wildman–Crippen MR) is 115 cm³/mol. The number of aliphatic imine (C=N–C) groups is 1. The third kappa shape index (κ3) is 6.35. The van der Waals surface area contributed by atoms with Crippen LogP contribution in [0.15, 0.2) is 35.6 Å². The molecule has 1 aromatic carbocycles. The first-order valence-corrected chi connectivity index (χ1v) is 10.1. The lowest BCUT2D eigenvalue weighted by molar-refractivity contribution is -0.134. The van der Waals surface area contributed by atoms with Crippen LogP contribution >= 0.6 is 0 Å². The summed E-state index contributed by atoms with van der Waals surface area (Å²) in [5, 5.41) is 10.6. The highest BCUT2D eigenvalue weighted by Gasteiger charge is 2.34. The van der Waals surface area contributed by atoms with Crippen LogP contribution in [-0.4, -0.2) is 63.2 Å². The normalized spacial score (nSPS) is 14.9. The summed E-state index contributed by atoms with van der Waals surface area (Å²) in [4.78, 5) is 35.9. The molecule has 176 valence electrons. The number of guanidine groups is 1. The van der Waals surface area contributed by atoms with Crippen molar-refractivity contribution in [1.29, 1.82) is 0 Å². The van der Waals surface area contributed by atoms with Gasteiger partial charge in [-0.2, -0.15) is 0 Å². The molecule has 0 spiro atoms. The van der Waals surface area contributed by atoms with E-state index in [4.69, 9.17) is 20.9 Å². The maximum Gasteiger partial charge on any atom is 0.437 e. The standard InChI is InChI=1S/C21H25FN6O5/c1-13(29)28-7-5-21(31,6-8-28)12-33-19-25-9-15(10-26-19)16-4-2-3-14(17(16)22)11-32-20(30)27-18(23)24/h2-4,9-10,31H,5-8,11-12H2,1H3,(H4,23,24,27,30). The van der Waals surface area contributed by atoms with E-state index in [1.807, 2.05) is 0 Å². The molecule has 0 unspecified atom stereocenters. The number of amides is 2. The van der Waals surface area contributed by atoms with E-state index in [9.17, 15) is 19.1 Å². The molecule has 3 rings (SSSR count). The third-order valence-corrected chi connectivity index (χ3v) is 5.20. The Labute approximate surface area is 189 Å². The largest absolute Gasteiger partial charge is 0.460 e. The highest BCUT2D eigenvalue weighted by atomic mass is 19.1. The number of carbonyl (C=O) groups excluding carboxylic acids is 2. The van der Waals surface area contributed by atoms with Crippen molar-refractivity contribution in [2.75, 3.05) is 19.7 Å². The van der Waals surface area contributed by atoms with Crippen LogP contribution in [0.4, 0.5) is 9.18 Å². The molecule has 1 aliphatic heterocycles. The van der Waals surface area contributed by atoms with Crippen LogP contribution in [0.2, 0.25) is 0 Å². The maximum atomic E-state index is 14.9. The minimum absolute atomic E-state index is 0.0247. The van der Waals surface area contributed by atoms with Gasteiger partial charge >= 0.3 is 12.1 Å². The Morgan fingerprint density at radius 1 is 1.24 bits per heavy atom. The molecule has 0 radical (unpaired) electrons. The maximum absolute atomic E-state index is 14.9. The summed E-state index contributed by atoms with van der Waals surface area (Å²) < 4.78 is 25.2. The summed E-state index contributed by atoms with van der Waals surface area (Å²) >= 11 is 0. The second-order valence-electron chi connectivity index (χ2n) is 7.64. The number of piperidine rings is 1. The molecule has 11 nitrogen and oxygen atoms in total. The number of nitrogens with zero attached hydrogens (tertiary/aromatic N) is 4. The van der Waals surface area contributed by atoms with Gasteiger partial charge in [0.05, 0.1) is 0 Å². The fourth-order valence-corrected chi connectivity index (χ4v) is 3.30. The molecule has 1 aromatic heterocycles. The summed E-state index contributed by atoms with van der Waals surface area (Å²) in [7, 11) is 0. The molecule has 0 atom stereocenters. The number of rotatable bonds is 6. The molecular weight excluding hydrogens is 435 g/mol. The van der Waals surface area contributed by atoms with Crippen LogP contribution in [0.5, 0.6) is 6.01 Å². The van der Waals surface area contributed by atoms with E-state index in [-0.39, 0.29) is 36.3 Å². The zero-order valence-corrected chi connectivity index (χ0v) is 18.0. The quantitative estimate of drug-likeness (QED) is 0.420. The van der Waals surface area contributed by atoms with E-state index >= 15 is 0 Å². The van der Waals surface area contributed by atoms with Gasteiger partial charge in [0, 0.05) is 49.1 Å². The molecule has 0 aliphatic carbocycles. The summed E-state index contributed by atoms with van der Waals surface area (Å²) in [5.74, 6) is -1.10. The highest BCUT2D eigenvalue weighted by molar-refractivity contribution is 5.87. The van der Waals surface area contributed by atoms with Crippen molar-refractivity contribution in [1.82, 2.24) is 14.9 Å². The van der Waals surface area contributed by atoms with Crippen LogP contribution in [0.25, 0.3) is 11.1 Å². The zero-order chi connectivity index (χ0) is 24.0. The van der Waals surface area contributed by atoms with Crippen molar-refractivity contribution >= 4 is 18.0 Å². The van der Waals surface area contributed by atoms with E-state index in [0.29, 0.717) is 31.5 Å². The molecule has 2 amide bonds. The number of likely N-dealkylation sites (tertiary alicyclic amines) is 1. The topological polar surface area (TPSA) is 166 Å². The average molecular weight is 460 g/mol. The van der Waals surface area contributed by atoms with E-state index in [2.05, 4.69) is 15.0 Å². The number of hydrogen-bond acceptors (Lipinski definition) is 7. The summed E-state index contributed by atoms with van der Waals surface area (Å²) in [5.41, 5.74) is 9.80. The van der Waals surface area contributed by atoms with Gasteiger partial charge in [-0.05, 0) is 12.8 Å². The van der Waals surface area contributed by atoms with Crippen LogP contribution < -0.4 is 16.2 Å². The predicted octanol–water partition coefficient (Wildman–Crippen LogP) is 0.945. The van der Waals surface area contributed by atoms with Crippen LogP contribution in [0.1, 0.15) is 25.3 Å². The molecule has 0 bridgehead atoms. The minimum Gasteiger partial charge on any atom is -0.460 e. The van der Waals surface area contributed by atoms with Crippen molar-refractivity contribution < 1.29 is 28.6 Å². The monoisotopic (exact) mass is 460 g/mol. The van der Waals surface area contributed by atoms with Gasteiger partial charge in [0.25, 0.3) is 0 Å². The number of aliphatic hydroxyl groups is 1. The molecule has 1 aliphatic rings. The lowest BCUT2D eigenvalue weighted by atomic mass is 9.92. The lowest BCUT2D eigenvalue weighted by Gasteiger charge is -2.37. The Morgan fingerprint density at radius 2 is 1.91 bits per heavy atom. The Bertz CT molecular complexity index is 1030. The van der Waals surface area contributed by atoms with Gasteiger partial charge in [-0.3, -0.25) is 4.79 Å². The fraction of sp³-hybridized carbons (Fsp3) is 0.381. The Hall–Kier alpha value is -3.80. The Morgan fingerprint density at radius 3 is 2.52 bits per heavy atom. The SMILES string of the molecule is CC(=O)N1CCC(O)(COc2ncc(-c3cccc(COC(=O)N=C(N)N)c3F)cn2)CC1. The number of carbonyl (C=O) groups is 2. The first kappa shape index (κ1) is 23.9. The van der Waals surface area contributed by atoms with Crippen LogP contribution in [0.3, 0.4) is 0 Å². The van der Waals surface area contributed by atoms with Crippen molar-refractivity contribution in [2.24, 2.45) is 16.5 Å². The van der Waals surface area contributed by atoms with Crippen molar-refractivity contribution in [3.05, 3.63) is 42.0 Å². The van der Waals surface area contributed by atoms with Gasteiger partial charge in [-0.25, -0.2) is 19.2 Å².